The smallest absolute Gasteiger partial charge is 0.127 e. The Hall–Kier alpha value is -1.39. The van der Waals surface area contributed by atoms with Gasteiger partial charge in [-0.2, -0.15) is 0 Å². The van der Waals surface area contributed by atoms with Gasteiger partial charge in [-0.15, -0.1) is 11.3 Å². The maximum atomic E-state index is 5.35. The van der Waals surface area contributed by atoms with E-state index >= 15 is 0 Å². The second kappa shape index (κ2) is 4.94. The van der Waals surface area contributed by atoms with Crippen LogP contribution >= 0.6 is 27.3 Å². The second-order valence-corrected chi connectivity index (χ2v) is 6.44. The van der Waals surface area contributed by atoms with Crippen molar-refractivity contribution in [2.75, 3.05) is 0 Å². The molecule has 3 rings (SSSR count). The summed E-state index contributed by atoms with van der Waals surface area (Å²) in [6.07, 6.45) is 1.71. The van der Waals surface area contributed by atoms with Crippen LogP contribution in [0.2, 0.25) is 0 Å². The lowest BCUT2D eigenvalue weighted by Gasteiger charge is -1.98. The minimum absolute atomic E-state index is 0.913. The molecule has 0 bridgehead atoms. The van der Waals surface area contributed by atoms with Crippen molar-refractivity contribution >= 4 is 27.3 Å². The van der Waals surface area contributed by atoms with Crippen LogP contribution in [-0.4, -0.2) is 4.98 Å². The first-order valence-electron chi connectivity index (χ1n) is 5.93. The number of nitrogens with zero attached hydrogens (tertiary/aromatic N) is 1. The van der Waals surface area contributed by atoms with Crippen molar-refractivity contribution in [2.24, 2.45) is 0 Å². The van der Waals surface area contributed by atoms with Crippen molar-refractivity contribution in [2.45, 2.75) is 13.8 Å². The van der Waals surface area contributed by atoms with Gasteiger partial charge in [0.2, 0.25) is 0 Å². The zero-order valence-electron chi connectivity index (χ0n) is 10.6. The molecule has 0 aliphatic heterocycles. The van der Waals surface area contributed by atoms with Crippen LogP contribution in [0.4, 0.5) is 0 Å². The minimum Gasteiger partial charge on any atom is -0.469 e. The molecule has 2 aromatic heterocycles. The largest absolute Gasteiger partial charge is 0.469 e. The van der Waals surface area contributed by atoms with E-state index < -0.39 is 0 Å². The van der Waals surface area contributed by atoms with Gasteiger partial charge in [0.05, 0.1) is 17.5 Å². The fourth-order valence-electron chi connectivity index (χ4n) is 1.99. The first-order valence-corrected chi connectivity index (χ1v) is 7.54. The molecular formula is C15H12BrNOS. The van der Waals surface area contributed by atoms with Crippen LogP contribution in [0.3, 0.4) is 0 Å². The van der Waals surface area contributed by atoms with E-state index in [1.54, 1.807) is 17.6 Å². The number of furan rings is 1. The lowest BCUT2D eigenvalue weighted by atomic mass is 10.1. The molecule has 0 aliphatic carbocycles. The van der Waals surface area contributed by atoms with Gasteiger partial charge in [0.15, 0.2) is 0 Å². The Morgan fingerprint density at radius 1 is 1.11 bits per heavy atom. The minimum atomic E-state index is 0.913. The number of benzene rings is 1. The number of halogens is 1. The van der Waals surface area contributed by atoms with Gasteiger partial charge in [-0.1, -0.05) is 28.1 Å². The van der Waals surface area contributed by atoms with E-state index in [2.05, 4.69) is 35.0 Å². The summed E-state index contributed by atoms with van der Waals surface area (Å²) in [5, 5.41) is 1.02. The summed E-state index contributed by atoms with van der Waals surface area (Å²) >= 11 is 5.16. The van der Waals surface area contributed by atoms with Crippen molar-refractivity contribution in [3.63, 3.8) is 0 Å². The zero-order valence-corrected chi connectivity index (χ0v) is 13.0. The Morgan fingerprint density at radius 2 is 1.84 bits per heavy atom. The third-order valence-electron chi connectivity index (χ3n) is 3.00. The average molecular weight is 334 g/mol. The van der Waals surface area contributed by atoms with Gasteiger partial charge in [0, 0.05) is 14.9 Å². The second-order valence-electron chi connectivity index (χ2n) is 4.32. The van der Waals surface area contributed by atoms with Crippen LogP contribution in [0.15, 0.2) is 45.5 Å². The molecule has 0 atom stereocenters. The third kappa shape index (κ3) is 2.38. The van der Waals surface area contributed by atoms with Gasteiger partial charge >= 0.3 is 0 Å². The van der Waals surface area contributed by atoms with Gasteiger partial charge < -0.3 is 4.42 Å². The predicted molar refractivity (Wildman–Crippen MR) is 82.4 cm³/mol. The summed E-state index contributed by atoms with van der Waals surface area (Å²) in [6, 6.07) is 10.2. The predicted octanol–water partition coefficient (Wildman–Crippen LogP) is 5.45. The normalized spacial score (nSPS) is 10.9. The Kier molecular flexibility index (Phi) is 3.29. The van der Waals surface area contributed by atoms with Crippen molar-refractivity contribution in [3.05, 3.63) is 51.7 Å². The lowest BCUT2D eigenvalue weighted by molar-refractivity contribution is 0.535. The molecule has 0 unspecified atom stereocenters. The molecule has 0 amide bonds. The van der Waals surface area contributed by atoms with Crippen molar-refractivity contribution in [1.29, 1.82) is 0 Å². The van der Waals surface area contributed by atoms with Crippen LogP contribution in [0.1, 0.15) is 10.6 Å². The number of aromatic nitrogens is 1. The number of aryl methyl sites for hydroxylation is 2. The van der Waals surface area contributed by atoms with Crippen molar-refractivity contribution in [1.82, 2.24) is 4.98 Å². The van der Waals surface area contributed by atoms with E-state index in [1.165, 1.54) is 4.88 Å². The molecule has 0 radical (unpaired) electrons. The van der Waals surface area contributed by atoms with E-state index in [9.17, 15) is 0 Å². The van der Waals surface area contributed by atoms with Crippen LogP contribution in [0, 0.1) is 13.8 Å². The van der Waals surface area contributed by atoms with Crippen molar-refractivity contribution < 1.29 is 4.42 Å². The van der Waals surface area contributed by atoms with Gasteiger partial charge in [0.25, 0.3) is 0 Å². The lowest BCUT2D eigenvalue weighted by Crippen LogP contribution is -1.81. The summed E-state index contributed by atoms with van der Waals surface area (Å²) in [5.41, 5.74) is 3.27. The highest BCUT2D eigenvalue weighted by atomic mass is 79.9. The molecule has 19 heavy (non-hydrogen) atoms. The SMILES string of the molecule is Cc1occc1-c1nc(-c2ccc(Br)cc2)c(C)s1. The molecule has 0 saturated heterocycles. The number of rotatable bonds is 2. The Bertz CT molecular complexity index is 712. The van der Waals surface area contributed by atoms with E-state index in [0.29, 0.717) is 0 Å². The van der Waals surface area contributed by atoms with E-state index in [4.69, 9.17) is 9.40 Å². The molecule has 0 saturated carbocycles. The Balaban J connectivity index is 2.07. The van der Waals surface area contributed by atoms with Crippen molar-refractivity contribution in [3.8, 4) is 21.8 Å². The highest BCUT2D eigenvalue weighted by Crippen LogP contribution is 2.35. The number of hydrogen-bond acceptors (Lipinski definition) is 3. The van der Waals surface area contributed by atoms with E-state index in [-0.39, 0.29) is 0 Å². The van der Waals surface area contributed by atoms with Crippen LogP contribution in [0.25, 0.3) is 21.8 Å². The molecule has 0 aliphatic rings. The number of thiazole rings is 1. The van der Waals surface area contributed by atoms with E-state index in [1.807, 2.05) is 25.1 Å². The maximum Gasteiger partial charge on any atom is 0.127 e. The molecule has 0 spiro atoms. The van der Waals surface area contributed by atoms with Crippen LogP contribution in [0.5, 0.6) is 0 Å². The summed E-state index contributed by atoms with van der Waals surface area (Å²) in [4.78, 5) is 5.98. The summed E-state index contributed by atoms with van der Waals surface area (Å²) in [6.45, 7) is 4.07. The maximum absolute atomic E-state index is 5.35. The Morgan fingerprint density at radius 3 is 2.47 bits per heavy atom. The molecule has 2 nitrogen and oxygen atoms in total. The first-order chi connectivity index (χ1) is 9.15. The Labute approximate surface area is 124 Å². The highest BCUT2D eigenvalue weighted by Gasteiger charge is 2.14. The third-order valence-corrected chi connectivity index (χ3v) is 4.54. The monoisotopic (exact) mass is 333 g/mol. The first kappa shape index (κ1) is 12.6. The standard InChI is InChI=1S/C15H12BrNOS/c1-9-13(7-8-18-9)15-17-14(10(2)19-15)11-3-5-12(16)6-4-11/h3-8H,1-2H3. The fourth-order valence-corrected chi connectivity index (χ4v) is 3.27. The molecule has 4 heteroatoms. The summed E-state index contributed by atoms with van der Waals surface area (Å²) in [7, 11) is 0. The number of hydrogen-bond donors (Lipinski definition) is 0. The van der Waals surface area contributed by atoms with Crippen LogP contribution < -0.4 is 0 Å². The molecule has 0 N–H and O–H groups in total. The average Bonchev–Trinajstić information content (AvgIpc) is 2.96. The summed E-state index contributed by atoms with van der Waals surface area (Å²) in [5.74, 6) is 0.913. The fraction of sp³-hybridized carbons (Fsp3) is 0.133. The highest BCUT2D eigenvalue weighted by molar-refractivity contribution is 9.10. The van der Waals surface area contributed by atoms with Gasteiger partial charge in [-0.25, -0.2) is 4.98 Å². The molecular weight excluding hydrogens is 322 g/mol. The van der Waals surface area contributed by atoms with Gasteiger partial charge in [-0.3, -0.25) is 0 Å². The zero-order chi connectivity index (χ0) is 13.4. The van der Waals surface area contributed by atoms with Gasteiger partial charge in [0.1, 0.15) is 10.8 Å². The molecule has 0 fully saturated rings. The molecule has 96 valence electrons. The van der Waals surface area contributed by atoms with Gasteiger partial charge in [-0.05, 0) is 32.0 Å². The molecule has 1 aromatic carbocycles. The van der Waals surface area contributed by atoms with E-state index in [0.717, 1.165) is 32.1 Å². The molecule has 3 aromatic rings. The topological polar surface area (TPSA) is 26.0 Å². The summed E-state index contributed by atoms with van der Waals surface area (Å²) < 4.78 is 6.43. The quantitative estimate of drug-likeness (QED) is 0.623. The molecule has 2 heterocycles. The van der Waals surface area contributed by atoms with Crippen LogP contribution in [-0.2, 0) is 0 Å².